The molecule has 0 fully saturated rings. The van der Waals surface area contributed by atoms with Crippen LogP contribution in [0.3, 0.4) is 0 Å². The van der Waals surface area contributed by atoms with Crippen LogP contribution in [0.2, 0.25) is 0 Å². The molecule has 0 rings (SSSR count). The van der Waals surface area contributed by atoms with Crippen LogP contribution in [-0.2, 0) is 19.1 Å². The minimum Gasteiger partial charge on any atom is -0.478 e. The fourth-order valence-electron chi connectivity index (χ4n) is 1.60. The summed E-state index contributed by atoms with van der Waals surface area (Å²) >= 11 is 0. The minimum absolute atomic E-state index is 0.0720. The molecule has 0 amide bonds. The SMILES string of the molecule is C=COC(C)=O.CCCCC(C(=O)O)=C(CCCC)C(=O)O. The van der Waals surface area contributed by atoms with Crippen LogP contribution in [0, 0.1) is 0 Å². The summed E-state index contributed by atoms with van der Waals surface area (Å²) in [7, 11) is 0. The van der Waals surface area contributed by atoms with Crippen LogP contribution in [0.25, 0.3) is 0 Å². The van der Waals surface area contributed by atoms with E-state index in [4.69, 9.17) is 10.2 Å². The molecule has 0 aromatic carbocycles. The molecule has 0 aliphatic carbocycles. The maximum absolute atomic E-state index is 11.0. The Hall–Kier alpha value is -2.11. The van der Waals surface area contributed by atoms with Gasteiger partial charge in [0, 0.05) is 18.1 Å². The molecular weight excluding hydrogens is 288 g/mol. The second-order valence-electron chi connectivity index (χ2n) is 4.55. The fraction of sp³-hybridized carbons (Fsp3) is 0.562. The molecule has 0 aliphatic rings. The monoisotopic (exact) mass is 314 g/mol. The number of aliphatic carboxylic acids is 2. The first kappa shape index (κ1) is 22.2. The smallest absolute Gasteiger partial charge is 0.332 e. The van der Waals surface area contributed by atoms with Crippen molar-refractivity contribution in [1.29, 1.82) is 0 Å². The van der Waals surface area contributed by atoms with Crippen LogP contribution in [-0.4, -0.2) is 28.1 Å². The molecule has 126 valence electrons. The van der Waals surface area contributed by atoms with Gasteiger partial charge in [0.15, 0.2) is 0 Å². The van der Waals surface area contributed by atoms with E-state index in [0.29, 0.717) is 25.7 Å². The Labute approximate surface area is 131 Å². The van der Waals surface area contributed by atoms with E-state index in [1.54, 1.807) is 0 Å². The van der Waals surface area contributed by atoms with E-state index in [2.05, 4.69) is 11.3 Å². The number of ether oxygens (including phenoxy) is 1. The first-order chi connectivity index (χ1) is 10.3. The van der Waals surface area contributed by atoms with E-state index in [9.17, 15) is 14.4 Å². The summed E-state index contributed by atoms with van der Waals surface area (Å²) in [4.78, 5) is 31.7. The molecular formula is C16H26O6. The predicted molar refractivity (Wildman–Crippen MR) is 83.3 cm³/mol. The predicted octanol–water partition coefficient (Wildman–Crippen LogP) is 3.53. The van der Waals surface area contributed by atoms with E-state index in [0.717, 1.165) is 19.1 Å². The average Bonchev–Trinajstić information content (AvgIpc) is 2.42. The van der Waals surface area contributed by atoms with Crippen molar-refractivity contribution in [3.63, 3.8) is 0 Å². The lowest BCUT2D eigenvalue weighted by atomic mass is 9.98. The van der Waals surface area contributed by atoms with Gasteiger partial charge in [-0.15, -0.1) is 0 Å². The molecule has 0 unspecified atom stereocenters. The van der Waals surface area contributed by atoms with Gasteiger partial charge in [0.25, 0.3) is 0 Å². The molecule has 0 heterocycles. The summed E-state index contributed by atoms with van der Waals surface area (Å²) < 4.78 is 4.17. The van der Waals surface area contributed by atoms with E-state index >= 15 is 0 Å². The van der Waals surface area contributed by atoms with Crippen molar-refractivity contribution in [2.45, 2.75) is 59.3 Å². The highest BCUT2D eigenvalue weighted by Gasteiger charge is 2.18. The topological polar surface area (TPSA) is 101 Å². The van der Waals surface area contributed by atoms with E-state index in [-0.39, 0.29) is 17.1 Å². The minimum atomic E-state index is -1.10. The zero-order valence-corrected chi connectivity index (χ0v) is 13.6. The largest absolute Gasteiger partial charge is 0.478 e. The van der Waals surface area contributed by atoms with Crippen LogP contribution in [0.5, 0.6) is 0 Å². The Morgan fingerprint density at radius 3 is 1.45 bits per heavy atom. The third-order valence-electron chi connectivity index (χ3n) is 2.69. The van der Waals surface area contributed by atoms with Crippen molar-refractivity contribution < 1.29 is 29.3 Å². The number of carboxylic acid groups (broad SMARTS) is 2. The Morgan fingerprint density at radius 2 is 1.32 bits per heavy atom. The summed E-state index contributed by atoms with van der Waals surface area (Å²) in [6.07, 6.45) is 4.93. The van der Waals surface area contributed by atoms with Gasteiger partial charge in [-0.05, 0) is 25.7 Å². The lowest BCUT2D eigenvalue weighted by Crippen LogP contribution is -2.11. The number of hydrogen-bond acceptors (Lipinski definition) is 4. The molecule has 0 aromatic rings. The number of carboxylic acids is 2. The normalized spacial score (nSPS) is 10.7. The van der Waals surface area contributed by atoms with Crippen molar-refractivity contribution in [3.05, 3.63) is 24.0 Å². The number of unbranched alkanes of at least 4 members (excludes halogenated alkanes) is 2. The molecule has 0 saturated carbocycles. The Morgan fingerprint density at radius 1 is 0.955 bits per heavy atom. The van der Waals surface area contributed by atoms with Gasteiger partial charge in [-0.3, -0.25) is 4.79 Å². The number of esters is 1. The highest BCUT2D eigenvalue weighted by molar-refractivity contribution is 5.98. The standard InChI is InChI=1S/C12H20O4.C4H6O2/c1-3-5-7-9(11(13)14)10(12(15)16)8-6-4-2;1-3-6-4(2)5/h3-8H2,1-2H3,(H,13,14)(H,15,16);3H,1H2,2H3. The first-order valence-corrected chi connectivity index (χ1v) is 7.28. The second kappa shape index (κ2) is 13.9. The maximum atomic E-state index is 11.0. The van der Waals surface area contributed by atoms with Gasteiger partial charge in [-0.2, -0.15) is 0 Å². The third-order valence-corrected chi connectivity index (χ3v) is 2.69. The third kappa shape index (κ3) is 11.7. The number of carbonyl (C=O) groups excluding carboxylic acids is 1. The fourth-order valence-corrected chi connectivity index (χ4v) is 1.60. The average molecular weight is 314 g/mol. The number of carbonyl (C=O) groups is 3. The molecule has 0 aliphatic heterocycles. The maximum Gasteiger partial charge on any atom is 0.332 e. The molecule has 0 radical (unpaired) electrons. The summed E-state index contributed by atoms with van der Waals surface area (Å²) in [6.45, 7) is 8.38. The van der Waals surface area contributed by atoms with Gasteiger partial charge in [-0.1, -0.05) is 33.3 Å². The number of hydrogen-bond donors (Lipinski definition) is 2. The van der Waals surface area contributed by atoms with Gasteiger partial charge >= 0.3 is 17.9 Å². The molecule has 22 heavy (non-hydrogen) atoms. The lowest BCUT2D eigenvalue weighted by molar-refractivity contribution is -0.136. The van der Waals surface area contributed by atoms with E-state index < -0.39 is 11.9 Å². The zero-order chi connectivity index (χ0) is 17.5. The summed E-state index contributed by atoms with van der Waals surface area (Å²) in [5.41, 5.74) is 0.144. The van der Waals surface area contributed by atoms with Crippen molar-refractivity contribution in [1.82, 2.24) is 0 Å². The van der Waals surface area contributed by atoms with E-state index in [1.807, 2.05) is 13.8 Å². The molecule has 0 bridgehead atoms. The molecule has 0 spiro atoms. The quantitative estimate of drug-likeness (QED) is 0.383. The summed E-state index contributed by atoms with van der Waals surface area (Å²) in [6, 6.07) is 0. The van der Waals surface area contributed by atoms with Crippen molar-refractivity contribution in [3.8, 4) is 0 Å². The highest BCUT2D eigenvalue weighted by Crippen LogP contribution is 2.18. The lowest BCUT2D eigenvalue weighted by Gasteiger charge is -2.08. The van der Waals surface area contributed by atoms with Gasteiger partial charge in [0.2, 0.25) is 0 Å². The molecule has 0 aromatic heterocycles. The number of rotatable bonds is 9. The van der Waals surface area contributed by atoms with Gasteiger partial charge in [-0.25, -0.2) is 9.59 Å². The molecule has 0 atom stereocenters. The summed E-state index contributed by atoms with van der Waals surface area (Å²) in [5, 5.41) is 18.0. The molecule has 2 N–H and O–H groups in total. The van der Waals surface area contributed by atoms with E-state index in [1.165, 1.54) is 6.92 Å². The van der Waals surface area contributed by atoms with Crippen LogP contribution in [0.1, 0.15) is 59.3 Å². The first-order valence-electron chi connectivity index (χ1n) is 7.28. The molecule has 6 heteroatoms. The van der Waals surface area contributed by atoms with Crippen molar-refractivity contribution in [2.75, 3.05) is 0 Å². The van der Waals surface area contributed by atoms with Gasteiger partial charge in [0.05, 0.1) is 6.26 Å². The van der Waals surface area contributed by atoms with Gasteiger partial charge in [0.1, 0.15) is 0 Å². The van der Waals surface area contributed by atoms with Crippen LogP contribution in [0.15, 0.2) is 24.0 Å². The van der Waals surface area contributed by atoms with Gasteiger partial charge < -0.3 is 14.9 Å². The van der Waals surface area contributed by atoms with Crippen molar-refractivity contribution in [2.24, 2.45) is 0 Å². The van der Waals surface area contributed by atoms with Crippen LogP contribution < -0.4 is 0 Å². The molecule has 0 saturated heterocycles. The van der Waals surface area contributed by atoms with Crippen LogP contribution >= 0.6 is 0 Å². The Bertz CT molecular complexity index is 381. The van der Waals surface area contributed by atoms with Crippen molar-refractivity contribution >= 4 is 17.9 Å². The summed E-state index contributed by atoms with van der Waals surface area (Å²) in [5.74, 6) is -2.52. The highest BCUT2D eigenvalue weighted by atomic mass is 16.5. The Kier molecular flexibility index (Phi) is 14.0. The molecule has 6 nitrogen and oxygen atoms in total. The Balaban J connectivity index is 0. The zero-order valence-electron chi connectivity index (χ0n) is 13.6. The second-order valence-corrected chi connectivity index (χ2v) is 4.55. The van der Waals surface area contributed by atoms with Crippen LogP contribution in [0.4, 0.5) is 0 Å².